The summed E-state index contributed by atoms with van der Waals surface area (Å²) in [7, 11) is 0. The first-order valence-electron chi connectivity index (χ1n) is 4.81. The molecule has 0 bridgehead atoms. The Labute approximate surface area is 132 Å². The summed E-state index contributed by atoms with van der Waals surface area (Å²) in [6.45, 7) is 0.733. The molecule has 88 valence electrons. The van der Waals surface area contributed by atoms with Crippen molar-refractivity contribution in [2.75, 3.05) is 5.32 Å². The highest BCUT2D eigenvalue weighted by molar-refractivity contribution is 14.1. The highest BCUT2D eigenvalue weighted by atomic mass is 127. The predicted octanol–water partition coefficient (Wildman–Crippen LogP) is 3.95. The Morgan fingerprint density at radius 3 is 2.24 bits per heavy atom. The van der Waals surface area contributed by atoms with Crippen LogP contribution in [0.15, 0.2) is 30.6 Å². The van der Waals surface area contributed by atoms with E-state index in [-0.39, 0.29) is 0 Å². The number of halogens is 3. The molecule has 0 aliphatic carbocycles. The van der Waals surface area contributed by atoms with Gasteiger partial charge in [-0.3, -0.25) is 0 Å². The Kier molecular flexibility index (Phi) is 4.80. The largest absolute Gasteiger partial charge is 0.377 e. The Morgan fingerprint density at radius 1 is 1.06 bits per heavy atom. The van der Waals surface area contributed by atoms with Gasteiger partial charge in [0.25, 0.3) is 0 Å². The molecule has 6 heteroatoms. The summed E-state index contributed by atoms with van der Waals surface area (Å²) in [5.41, 5.74) is 2.15. The van der Waals surface area contributed by atoms with E-state index >= 15 is 0 Å². The van der Waals surface area contributed by atoms with Crippen molar-refractivity contribution in [3.63, 3.8) is 0 Å². The van der Waals surface area contributed by atoms with Gasteiger partial charge in [0.05, 0.1) is 5.69 Å². The average Bonchev–Trinajstić information content (AvgIpc) is 2.31. The number of hydrogen-bond acceptors (Lipinski definition) is 3. The summed E-state index contributed by atoms with van der Waals surface area (Å²) in [6, 6.07) is 7.77. The van der Waals surface area contributed by atoms with Crippen molar-refractivity contribution in [2.24, 2.45) is 0 Å². The second kappa shape index (κ2) is 6.14. The zero-order valence-electron chi connectivity index (χ0n) is 8.62. The average molecular weight is 471 g/mol. The summed E-state index contributed by atoms with van der Waals surface area (Å²) >= 11 is 10.2. The molecule has 0 amide bonds. The molecule has 0 saturated carbocycles. The van der Waals surface area contributed by atoms with Crippen LogP contribution in [0.4, 0.5) is 5.69 Å². The molecule has 17 heavy (non-hydrogen) atoms. The lowest BCUT2D eigenvalue weighted by Gasteiger charge is -2.09. The van der Waals surface area contributed by atoms with E-state index in [1.54, 1.807) is 6.33 Å². The van der Waals surface area contributed by atoms with Crippen LogP contribution in [0.2, 0.25) is 5.02 Å². The van der Waals surface area contributed by atoms with Gasteiger partial charge in [-0.2, -0.15) is 0 Å². The van der Waals surface area contributed by atoms with Crippen molar-refractivity contribution in [2.45, 2.75) is 6.54 Å². The van der Waals surface area contributed by atoms with Crippen molar-refractivity contribution in [3.8, 4) is 0 Å². The van der Waals surface area contributed by atoms with Crippen LogP contribution in [0.5, 0.6) is 0 Å². The Bertz CT molecular complexity index is 496. The van der Waals surface area contributed by atoms with Crippen molar-refractivity contribution in [1.29, 1.82) is 0 Å². The topological polar surface area (TPSA) is 37.8 Å². The normalized spacial score (nSPS) is 10.3. The number of rotatable bonds is 3. The third-order valence-corrected chi connectivity index (χ3v) is 4.03. The Hall–Kier alpha value is -0.150. The van der Waals surface area contributed by atoms with Gasteiger partial charge >= 0.3 is 0 Å². The molecule has 1 aromatic carbocycles. The van der Waals surface area contributed by atoms with Crippen molar-refractivity contribution in [3.05, 3.63) is 48.6 Å². The van der Waals surface area contributed by atoms with E-state index in [0.29, 0.717) is 0 Å². The van der Waals surface area contributed by atoms with E-state index in [1.807, 2.05) is 24.3 Å². The zero-order chi connectivity index (χ0) is 12.3. The third-order valence-electron chi connectivity index (χ3n) is 2.14. The van der Waals surface area contributed by atoms with E-state index in [2.05, 4.69) is 60.5 Å². The number of anilines is 1. The lowest BCUT2D eigenvalue weighted by molar-refractivity contribution is 1.06. The molecule has 1 N–H and O–H groups in total. The van der Waals surface area contributed by atoms with Crippen molar-refractivity contribution < 1.29 is 0 Å². The lowest BCUT2D eigenvalue weighted by atomic mass is 10.2. The Balaban J connectivity index is 2.10. The molecule has 0 aliphatic heterocycles. The SMILES string of the molecule is Clc1ccc(CNc2c(I)ncnc2I)cc1. The van der Waals surface area contributed by atoms with Gasteiger partial charge in [-0.15, -0.1) is 0 Å². The summed E-state index contributed by atoms with van der Waals surface area (Å²) < 4.78 is 1.85. The van der Waals surface area contributed by atoms with Crippen LogP contribution < -0.4 is 5.32 Å². The van der Waals surface area contributed by atoms with Gasteiger partial charge < -0.3 is 5.32 Å². The minimum absolute atomic E-state index is 0.733. The minimum atomic E-state index is 0.733. The predicted molar refractivity (Wildman–Crippen MR) is 86.2 cm³/mol. The summed E-state index contributed by atoms with van der Waals surface area (Å²) in [5.74, 6) is 0. The fourth-order valence-corrected chi connectivity index (χ4v) is 3.07. The zero-order valence-corrected chi connectivity index (χ0v) is 13.7. The van der Waals surface area contributed by atoms with Gasteiger partial charge in [0.1, 0.15) is 13.7 Å². The third kappa shape index (κ3) is 3.65. The Morgan fingerprint density at radius 2 is 1.65 bits per heavy atom. The summed E-state index contributed by atoms with van der Waals surface area (Å²) in [6.07, 6.45) is 1.57. The number of hydrogen-bond donors (Lipinski definition) is 1. The highest BCUT2D eigenvalue weighted by Crippen LogP contribution is 2.21. The lowest BCUT2D eigenvalue weighted by Crippen LogP contribution is -2.05. The molecule has 0 aliphatic rings. The highest BCUT2D eigenvalue weighted by Gasteiger charge is 2.06. The van der Waals surface area contributed by atoms with Crippen LogP contribution in [0.3, 0.4) is 0 Å². The molecular weight excluding hydrogens is 463 g/mol. The molecule has 3 nitrogen and oxygen atoms in total. The molecule has 0 unspecified atom stereocenters. The van der Waals surface area contributed by atoms with E-state index < -0.39 is 0 Å². The number of benzene rings is 1. The van der Waals surface area contributed by atoms with Crippen LogP contribution in [-0.2, 0) is 6.54 Å². The smallest absolute Gasteiger partial charge is 0.128 e. The fraction of sp³-hybridized carbons (Fsp3) is 0.0909. The molecule has 0 saturated heterocycles. The molecule has 0 spiro atoms. The molecule has 2 aromatic rings. The van der Waals surface area contributed by atoms with Crippen LogP contribution in [-0.4, -0.2) is 9.97 Å². The van der Waals surface area contributed by atoms with Gasteiger partial charge in [-0.05, 0) is 62.9 Å². The van der Waals surface area contributed by atoms with Gasteiger partial charge in [0, 0.05) is 11.6 Å². The maximum atomic E-state index is 5.84. The molecular formula is C11H8ClI2N3. The number of nitrogens with one attached hydrogen (secondary N) is 1. The van der Waals surface area contributed by atoms with E-state index in [9.17, 15) is 0 Å². The first-order valence-corrected chi connectivity index (χ1v) is 7.34. The molecule has 0 atom stereocenters. The molecule has 0 radical (unpaired) electrons. The quantitative estimate of drug-likeness (QED) is 0.544. The molecule has 0 fully saturated rings. The standard InChI is InChI=1S/C11H8ClI2N3/c12-8-3-1-7(2-4-8)5-15-9-10(13)16-6-17-11(9)14/h1-4,6,15H,5H2. The van der Waals surface area contributed by atoms with Gasteiger partial charge in [0.15, 0.2) is 0 Å². The maximum Gasteiger partial charge on any atom is 0.128 e. The van der Waals surface area contributed by atoms with Crippen LogP contribution >= 0.6 is 56.8 Å². The van der Waals surface area contributed by atoms with Crippen molar-refractivity contribution >= 4 is 62.5 Å². The second-order valence-corrected chi connectivity index (χ2v) is 5.79. The first-order chi connectivity index (χ1) is 8.16. The summed E-state index contributed by atoms with van der Waals surface area (Å²) in [4.78, 5) is 8.31. The van der Waals surface area contributed by atoms with Crippen LogP contribution in [0.25, 0.3) is 0 Å². The molecule has 1 heterocycles. The fourth-order valence-electron chi connectivity index (χ4n) is 1.28. The minimum Gasteiger partial charge on any atom is -0.377 e. The van der Waals surface area contributed by atoms with Crippen LogP contribution in [0, 0.1) is 7.40 Å². The first kappa shape index (κ1) is 13.3. The second-order valence-electron chi connectivity index (χ2n) is 3.31. The number of aromatic nitrogens is 2. The van der Waals surface area contributed by atoms with Crippen molar-refractivity contribution in [1.82, 2.24) is 9.97 Å². The molecule has 2 rings (SSSR count). The van der Waals surface area contributed by atoms with E-state index in [0.717, 1.165) is 24.7 Å². The van der Waals surface area contributed by atoms with Gasteiger partial charge in [0.2, 0.25) is 0 Å². The van der Waals surface area contributed by atoms with Gasteiger partial charge in [-0.25, -0.2) is 9.97 Å². The summed E-state index contributed by atoms with van der Waals surface area (Å²) in [5, 5.41) is 4.08. The maximum absolute atomic E-state index is 5.84. The van der Waals surface area contributed by atoms with Crippen LogP contribution in [0.1, 0.15) is 5.56 Å². The van der Waals surface area contributed by atoms with E-state index in [4.69, 9.17) is 11.6 Å². The van der Waals surface area contributed by atoms with E-state index in [1.165, 1.54) is 5.56 Å². The number of nitrogens with zero attached hydrogens (tertiary/aromatic N) is 2. The van der Waals surface area contributed by atoms with Gasteiger partial charge in [-0.1, -0.05) is 23.7 Å². The monoisotopic (exact) mass is 471 g/mol. The molecule has 1 aromatic heterocycles.